The van der Waals surface area contributed by atoms with Crippen molar-refractivity contribution < 1.29 is 9.59 Å². The van der Waals surface area contributed by atoms with Crippen LogP contribution in [0.2, 0.25) is 0 Å². The molecule has 6 heteroatoms. The Morgan fingerprint density at radius 1 is 1.03 bits per heavy atom. The largest absolute Gasteiger partial charge is 0.325 e. The Kier molecular flexibility index (Phi) is 6.28. The first-order chi connectivity index (χ1) is 15.0. The number of nitrogens with one attached hydrogen (secondary N) is 1. The Balaban J connectivity index is 1.59. The van der Waals surface area contributed by atoms with E-state index in [2.05, 4.69) is 40.3 Å². The number of aryl methyl sites for hydroxylation is 1. The molecule has 3 aromatic carbocycles. The van der Waals surface area contributed by atoms with Gasteiger partial charge in [0, 0.05) is 10.2 Å². The van der Waals surface area contributed by atoms with Gasteiger partial charge >= 0.3 is 0 Å². The third-order valence-corrected chi connectivity index (χ3v) is 5.70. The normalized spacial score (nSPS) is 13.3. The molecule has 0 aliphatic carbocycles. The fourth-order valence-electron chi connectivity index (χ4n) is 3.50. The standard InChI is InChI=1S/C25H22BrN3O2/c1-2-17-7-9-18(10-8-17)22-15-25(31)29(23-6-4-3-5-21(23)28-22)16-24(30)27-20-13-11-19(26)12-14-20/h3-14H,2,15-16H2,1H3,(H,27,30). The number of anilines is 2. The lowest BCUT2D eigenvalue weighted by Gasteiger charge is -2.22. The summed E-state index contributed by atoms with van der Waals surface area (Å²) in [6.07, 6.45) is 1.08. The van der Waals surface area contributed by atoms with Gasteiger partial charge in [0.1, 0.15) is 6.54 Å². The average Bonchev–Trinajstić information content (AvgIpc) is 2.92. The van der Waals surface area contributed by atoms with Crippen molar-refractivity contribution in [2.24, 2.45) is 4.99 Å². The summed E-state index contributed by atoms with van der Waals surface area (Å²) >= 11 is 3.38. The topological polar surface area (TPSA) is 61.8 Å². The van der Waals surface area contributed by atoms with E-state index in [1.807, 2.05) is 48.5 Å². The predicted octanol–water partition coefficient (Wildman–Crippen LogP) is 5.51. The summed E-state index contributed by atoms with van der Waals surface area (Å²) in [5, 5.41) is 2.85. The minimum Gasteiger partial charge on any atom is -0.325 e. The van der Waals surface area contributed by atoms with Crippen LogP contribution in [0.3, 0.4) is 0 Å². The fraction of sp³-hybridized carbons (Fsp3) is 0.160. The Bertz CT molecular complexity index is 1140. The Hall–Kier alpha value is -3.25. The summed E-state index contributed by atoms with van der Waals surface area (Å²) in [6, 6.07) is 22.9. The predicted molar refractivity (Wildman–Crippen MR) is 128 cm³/mol. The first-order valence-electron chi connectivity index (χ1n) is 10.1. The average molecular weight is 476 g/mol. The molecule has 31 heavy (non-hydrogen) atoms. The molecular weight excluding hydrogens is 454 g/mol. The summed E-state index contributed by atoms with van der Waals surface area (Å²) in [5.41, 5.74) is 4.85. The third-order valence-electron chi connectivity index (χ3n) is 5.17. The molecule has 0 aromatic heterocycles. The van der Waals surface area contributed by atoms with Gasteiger partial charge in [0.15, 0.2) is 0 Å². The van der Waals surface area contributed by atoms with Gasteiger partial charge in [0.05, 0.1) is 23.5 Å². The monoisotopic (exact) mass is 475 g/mol. The van der Waals surface area contributed by atoms with Crippen LogP contribution in [-0.2, 0) is 16.0 Å². The number of amides is 2. The maximum absolute atomic E-state index is 13.2. The SMILES string of the molecule is CCc1ccc(C2=Nc3ccccc3N(CC(=O)Nc3ccc(Br)cc3)C(=O)C2)cc1. The summed E-state index contributed by atoms with van der Waals surface area (Å²) in [4.78, 5) is 32.2. The van der Waals surface area contributed by atoms with Crippen molar-refractivity contribution in [3.05, 3.63) is 88.4 Å². The van der Waals surface area contributed by atoms with E-state index in [1.54, 1.807) is 12.1 Å². The lowest BCUT2D eigenvalue weighted by atomic mass is 10.0. The quantitative estimate of drug-likeness (QED) is 0.528. The van der Waals surface area contributed by atoms with Crippen molar-refractivity contribution in [1.82, 2.24) is 0 Å². The minimum absolute atomic E-state index is 0.0799. The van der Waals surface area contributed by atoms with Crippen LogP contribution in [-0.4, -0.2) is 24.1 Å². The molecule has 4 rings (SSSR count). The van der Waals surface area contributed by atoms with Crippen LogP contribution in [0.5, 0.6) is 0 Å². The smallest absolute Gasteiger partial charge is 0.244 e. The molecule has 0 unspecified atom stereocenters. The van der Waals surface area contributed by atoms with Gasteiger partial charge in [-0.2, -0.15) is 0 Å². The van der Waals surface area contributed by atoms with Gasteiger partial charge in [-0.25, -0.2) is 0 Å². The van der Waals surface area contributed by atoms with Crippen molar-refractivity contribution >= 4 is 50.5 Å². The number of benzene rings is 3. The third kappa shape index (κ3) is 4.91. The van der Waals surface area contributed by atoms with Crippen LogP contribution >= 0.6 is 15.9 Å². The number of nitrogens with zero attached hydrogens (tertiary/aromatic N) is 2. The fourth-order valence-corrected chi connectivity index (χ4v) is 3.76. The zero-order valence-corrected chi connectivity index (χ0v) is 18.7. The number of hydrogen-bond donors (Lipinski definition) is 1. The summed E-state index contributed by atoms with van der Waals surface area (Å²) in [7, 11) is 0. The molecule has 0 bridgehead atoms. The highest BCUT2D eigenvalue weighted by Crippen LogP contribution is 2.33. The molecular formula is C25H22BrN3O2. The molecule has 5 nitrogen and oxygen atoms in total. The maximum atomic E-state index is 13.2. The Morgan fingerprint density at radius 3 is 2.45 bits per heavy atom. The number of carbonyl (C=O) groups excluding carboxylic acids is 2. The van der Waals surface area contributed by atoms with Crippen molar-refractivity contribution in [3.8, 4) is 0 Å². The molecule has 1 aliphatic heterocycles. The minimum atomic E-state index is -0.263. The second-order valence-corrected chi connectivity index (χ2v) is 8.23. The molecule has 156 valence electrons. The lowest BCUT2D eigenvalue weighted by Crippen LogP contribution is -2.38. The van der Waals surface area contributed by atoms with E-state index in [0.717, 1.165) is 16.5 Å². The van der Waals surface area contributed by atoms with Gasteiger partial charge in [0.2, 0.25) is 11.8 Å². The van der Waals surface area contributed by atoms with E-state index < -0.39 is 0 Å². The number of hydrogen-bond acceptors (Lipinski definition) is 3. The second kappa shape index (κ2) is 9.27. The molecule has 3 aromatic rings. The zero-order valence-electron chi connectivity index (χ0n) is 17.1. The van der Waals surface area contributed by atoms with Crippen molar-refractivity contribution in [3.63, 3.8) is 0 Å². The highest BCUT2D eigenvalue weighted by atomic mass is 79.9. The lowest BCUT2D eigenvalue weighted by molar-refractivity contribution is -0.120. The van der Waals surface area contributed by atoms with E-state index in [4.69, 9.17) is 4.99 Å². The zero-order chi connectivity index (χ0) is 21.8. The van der Waals surface area contributed by atoms with Crippen LogP contribution in [0, 0.1) is 0 Å². The van der Waals surface area contributed by atoms with Crippen LogP contribution in [0.1, 0.15) is 24.5 Å². The molecule has 1 aliphatic rings. The molecule has 0 radical (unpaired) electrons. The van der Waals surface area contributed by atoms with Gasteiger partial charge in [-0.05, 0) is 53.9 Å². The molecule has 0 atom stereocenters. The van der Waals surface area contributed by atoms with E-state index in [-0.39, 0.29) is 24.8 Å². The molecule has 0 saturated heterocycles. The van der Waals surface area contributed by atoms with Crippen molar-refractivity contribution in [2.75, 3.05) is 16.8 Å². The van der Waals surface area contributed by atoms with Gasteiger partial charge in [-0.1, -0.05) is 59.3 Å². The first-order valence-corrected chi connectivity index (χ1v) is 10.9. The van der Waals surface area contributed by atoms with Gasteiger partial charge in [0.25, 0.3) is 0 Å². The molecule has 1 heterocycles. The first kappa shape index (κ1) is 21.0. The van der Waals surface area contributed by atoms with Crippen LogP contribution in [0.4, 0.5) is 17.1 Å². The summed E-state index contributed by atoms with van der Waals surface area (Å²) < 4.78 is 0.929. The summed E-state index contributed by atoms with van der Waals surface area (Å²) in [6.45, 7) is 2.03. The highest BCUT2D eigenvalue weighted by molar-refractivity contribution is 9.10. The van der Waals surface area contributed by atoms with Gasteiger partial charge < -0.3 is 10.2 Å². The van der Waals surface area contributed by atoms with Crippen LogP contribution in [0.25, 0.3) is 0 Å². The molecule has 0 fully saturated rings. The number of carbonyl (C=O) groups is 2. The molecule has 1 N–H and O–H groups in total. The van der Waals surface area contributed by atoms with Crippen molar-refractivity contribution in [2.45, 2.75) is 19.8 Å². The van der Waals surface area contributed by atoms with Crippen LogP contribution < -0.4 is 10.2 Å². The second-order valence-electron chi connectivity index (χ2n) is 7.31. The van der Waals surface area contributed by atoms with E-state index >= 15 is 0 Å². The van der Waals surface area contributed by atoms with Gasteiger partial charge in [-0.15, -0.1) is 0 Å². The number of aliphatic imine (C=N–C) groups is 1. The van der Waals surface area contributed by atoms with E-state index in [0.29, 0.717) is 22.8 Å². The number of fused-ring (bicyclic) bond motifs is 1. The van der Waals surface area contributed by atoms with Crippen LogP contribution in [0.15, 0.2) is 82.3 Å². The molecule has 2 amide bonds. The molecule has 0 saturated carbocycles. The molecule has 0 spiro atoms. The Morgan fingerprint density at radius 2 is 1.74 bits per heavy atom. The summed E-state index contributed by atoms with van der Waals surface area (Å²) in [5.74, 6) is -0.421. The Labute approximate surface area is 189 Å². The van der Waals surface area contributed by atoms with Gasteiger partial charge in [-0.3, -0.25) is 14.6 Å². The van der Waals surface area contributed by atoms with Crippen molar-refractivity contribution in [1.29, 1.82) is 0 Å². The number of para-hydroxylation sites is 2. The highest BCUT2D eigenvalue weighted by Gasteiger charge is 2.26. The van der Waals surface area contributed by atoms with E-state index in [1.165, 1.54) is 10.5 Å². The van der Waals surface area contributed by atoms with E-state index in [9.17, 15) is 9.59 Å². The number of halogens is 1. The number of rotatable bonds is 5. The maximum Gasteiger partial charge on any atom is 0.244 e.